The Morgan fingerprint density at radius 3 is 2.20 bits per heavy atom. The lowest BCUT2D eigenvalue weighted by Gasteiger charge is -2.29. The molecule has 1 fully saturated rings. The lowest BCUT2D eigenvalue weighted by Crippen LogP contribution is -2.13. The van der Waals surface area contributed by atoms with Crippen LogP contribution in [0, 0.1) is 5.92 Å². The van der Waals surface area contributed by atoms with Crippen LogP contribution in [0.5, 0.6) is 0 Å². The molecule has 3 heteroatoms. The minimum absolute atomic E-state index is 0.582. The second-order valence-corrected chi connectivity index (χ2v) is 8.81. The number of nitrogens with zero attached hydrogens (tertiary/aromatic N) is 2. The van der Waals surface area contributed by atoms with Crippen LogP contribution in [-0.2, 0) is 6.42 Å². The van der Waals surface area contributed by atoms with Crippen LogP contribution in [0.25, 0.3) is 22.8 Å². The van der Waals surface area contributed by atoms with Gasteiger partial charge in [-0.1, -0.05) is 81.1 Å². The normalized spacial score (nSPS) is 19.1. The molecule has 0 amide bonds. The Kier molecular flexibility index (Phi) is 6.99. The van der Waals surface area contributed by atoms with Crippen molar-refractivity contribution in [2.75, 3.05) is 0 Å². The predicted octanol–water partition coefficient (Wildman–Crippen LogP) is 7.82. The van der Waals surface area contributed by atoms with Gasteiger partial charge >= 0.3 is 0 Å². The third kappa shape index (κ3) is 5.00. The highest BCUT2D eigenvalue weighted by molar-refractivity contribution is 5.60. The number of benzene rings is 2. The van der Waals surface area contributed by atoms with Crippen LogP contribution in [0.1, 0.15) is 82.3 Å². The Morgan fingerprint density at radius 1 is 0.833 bits per heavy atom. The molecule has 1 aromatic heterocycles. The van der Waals surface area contributed by atoms with E-state index in [0.29, 0.717) is 17.6 Å². The zero-order chi connectivity index (χ0) is 20.8. The molecule has 1 aliphatic carbocycles. The molecular formula is C27H34N2O. The van der Waals surface area contributed by atoms with Crippen molar-refractivity contribution < 1.29 is 4.52 Å². The summed E-state index contributed by atoms with van der Waals surface area (Å²) in [7, 11) is 0. The van der Waals surface area contributed by atoms with E-state index in [1.165, 1.54) is 62.5 Å². The van der Waals surface area contributed by atoms with E-state index < -0.39 is 0 Å². The average molecular weight is 403 g/mol. The Hall–Kier alpha value is -2.42. The van der Waals surface area contributed by atoms with Crippen molar-refractivity contribution >= 4 is 0 Å². The molecule has 0 radical (unpaired) electrons. The Morgan fingerprint density at radius 2 is 1.53 bits per heavy atom. The molecule has 2 aromatic carbocycles. The van der Waals surface area contributed by atoms with E-state index in [-0.39, 0.29) is 0 Å². The van der Waals surface area contributed by atoms with Crippen LogP contribution < -0.4 is 0 Å². The van der Waals surface area contributed by atoms with Gasteiger partial charge in [0, 0.05) is 11.1 Å². The van der Waals surface area contributed by atoms with Gasteiger partial charge in [-0.3, -0.25) is 0 Å². The molecule has 0 bridgehead atoms. The average Bonchev–Trinajstić information content (AvgIpc) is 3.30. The van der Waals surface area contributed by atoms with Gasteiger partial charge in [0.25, 0.3) is 5.89 Å². The fourth-order valence-electron chi connectivity index (χ4n) is 4.71. The van der Waals surface area contributed by atoms with E-state index in [4.69, 9.17) is 4.52 Å². The second-order valence-electron chi connectivity index (χ2n) is 8.81. The minimum atomic E-state index is 0.582. The molecule has 0 atom stereocenters. The molecule has 3 aromatic rings. The molecule has 1 saturated carbocycles. The number of hydrogen-bond acceptors (Lipinski definition) is 3. The lowest BCUT2D eigenvalue weighted by atomic mass is 9.77. The van der Waals surface area contributed by atoms with Crippen LogP contribution in [0.15, 0.2) is 53.1 Å². The van der Waals surface area contributed by atoms with E-state index in [9.17, 15) is 0 Å². The van der Waals surface area contributed by atoms with Gasteiger partial charge in [0.1, 0.15) is 0 Å². The fourth-order valence-corrected chi connectivity index (χ4v) is 4.71. The number of aromatic nitrogens is 2. The van der Waals surface area contributed by atoms with Crippen molar-refractivity contribution in [3.8, 4) is 22.8 Å². The molecule has 0 aliphatic heterocycles. The van der Waals surface area contributed by atoms with Gasteiger partial charge in [0.2, 0.25) is 5.82 Å². The highest BCUT2D eigenvalue weighted by Gasteiger charge is 2.22. The summed E-state index contributed by atoms with van der Waals surface area (Å²) in [5, 5.41) is 4.21. The van der Waals surface area contributed by atoms with Crippen molar-refractivity contribution in [2.24, 2.45) is 5.92 Å². The highest BCUT2D eigenvalue weighted by atomic mass is 16.5. The van der Waals surface area contributed by atoms with E-state index in [1.807, 2.05) is 0 Å². The van der Waals surface area contributed by atoms with E-state index >= 15 is 0 Å². The Labute approximate surface area is 180 Å². The maximum Gasteiger partial charge on any atom is 0.258 e. The molecule has 0 unspecified atom stereocenters. The fraction of sp³-hybridized carbons (Fsp3) is 0.481. The van der Waals surface area contributed by atoms with Crippen molar-refractivity contribution in [3.63, 3.8) is 0 Å². The van der Waals surface area contributed by atoms with Gasteiger partial charge < -0.3 is 4.52 Å². The molecule has 30 heavy (non-hydrogen) atoms. The van der Waals surface area contributed by atoms with Gasteiger partial charge in [-0.05, 0) is 67.2 Å². The molecule has 3 nitrogen and oxygen atoms in total. The van der Waals surface area contributed by atoms with Gasteiger partial charge in [-0.25, -0.2) is 0 Å². The summed E-state index contributed by atoms with van der Waals surface area (Å²) in [5.74, 6) is 2.91. The monoisotopic (exact) mass is 402 g/mol. The Bertz CT molecular complexity index is 903. The van der Waals surface area contributed by atoms with Crippen molar-refractivity contribution in [1.29, 1.82) is 0 Å². The first kappa shape index (κ1) is 20.8. The van der Waals surface area contributed by atoms with Gasteiger partial charge in [0.15, 0.2) is 0 Å². The third-order valence-corrected chi connectivity index (χ3v) is 6.74. The summed E-state index contributed by atoms with van der Waals surface area (Å²) in [6.45, 7) is 4.45. The lowest BCUT2D eigenvalue weighted by molar-refractivity contribution is 0.303. The topological polar surface area (TPSA) is 38.9 Å². The zero-order valence-electron chi connectivity index (χ0n) is 18.4. The molecular weight excluding hydrogens is 368 g/mol. The van der Waals surface area contributed by atoms with Crippen LogP contribution in [-0.4, -0.2) is 10.1 Å². The second kappa shape index (κ2) is 10.1. The Balaban J connectivity index is 1.37. The molecule has 0 spiro atoms. The van der Waals surface area contributed by atoms with Crippen LogP contribution in [0.3, 0.4) is 0 Å². The largest absolute Gasteiger partial charge is 0.334 e. The van der Waals surface area contributed by atoms with E-state index in [0.717, 1.165) is 23.5 Å². The van der Waals surface area contributed by atoms with Crippen molar-refractivity contribution in [3.05, 3.63) is 59.7 Å². The molecule has 1 aliphatic rings. The first-order chi connectivity index (χ1) is 14.8. The van der Waals surface area contributed by atoms with Gasteiger partial charge in [-0.15, -0.1) is 0 Å². The van der Waals surface area contributed by atoms with Gasteiger partial charge in [-0.2, -0.15) is 4.98 Å². The summed E-state index contributed by atoms with van der Waals surface area (Å²) in [4.78, 5) is 4.62. The summed E-state index contributed by atoms with van der Waals surface area (Å²) in [6, 6.07) is 17.2. The molecule has 158 valence electrons. The summed E-state index contributed by atoms with van der Waals surface area (Å²) in [5.41, 5.74) is 4.76. The minimum Gasteiger partial charge on any atom is -0.334 e. The number of unbranched alkanes of at least 4 members (excludes halogenated alkanes) is 2. The first-order valence-corrected chi connectivity index (χ1v) is 11.8. The molecule has 4 rings (SSSR count). The number of rotatable bonds is 8. The summed E-state index contributed by atoms with van der Waals surface area (Å²) < 4.78 is 5.52. The SMILES string of the molecule is CCCCCC1CCC(c2ccc(-c3noc(-c4ccc(CC)cc4)n3)cc2)CC1. The van der Waals surface area contributed by atoms with Crippen LogP contribution >= 0.6 is 0 Å². The smallest absolute Gasteiger partial charge is 0.258 e. The maximum atomic E-state index is 5.52. The number of hydrogen-bond donors (Lipinski definition) is 0. The highest BCUT2D eigenvalue weighted by Crippen LogP contribution is 2.38. The van der Waals surface area contributed by atoms with Crippen molar-refractivity contribution in [1.82, 2.24) is 10.1 Å². The van der Waals surface area contributed by atoms with Crippen molar-refractivity contribution in [2.45, 2.75) is 77.6 Å². The predicted molar refractivity (Wildman–Crippen MR) is 123 cm³/mol. The zero-order valence-corrected chi connectivity index (χ0v) is 18.4. The van der Waals surface area contributed by atoms with E-state index in [2.05, 4.69) is 72.5 Å². The third-order valence-electron chi connectivity index (χ3n) is 6.74. The van der Waals surface area contributed by atoms with E-state index in [1.54, 1.807) is 0 Å². The number of aryl methyl sites for hydroxylation is 1. The quantitative estimate of drug-likeness (QED) is 0.360. The standard InChI is InChI=1S/C27H34N2O/c1-3-5-6-7-21-10-12-22(13-11-21)23-16-18-24(19-17-23)26-28-27(30-29-26)25-14-8-20(4-2)9-15-25/h8-9,14-19,21-22H,3-7,10-13H2,1-2H3. The maximum absolute atomic E-state index is 5.52. The summed E-state index contributed by atoms with van der Waals surface area (Å²) >= 11 is 0. The molecule has 1 heterocycles. The molecule has 0 saturated heterocycles. The summed E-state index contributed by atoms with van der Waals surface area (Å²) in [6.07, 6.45) is 12.0. The molecule has 0 N–H and O–H groups in total. The van der Waals surface area contributed by atoms with Crippen LogP contribution in [0.4, 0.5) is 0 Å². The van der Waals surface area contributed by atoms with Gasteiger partial charge in [0.05, 0.1) is 0 Å². The van der Waals surface area contributed by atoms with Crippen LogP contribution in [0.2, 0.25) is 0 Å². The first-order valence-electron chi connectivity index (χ1n) is 11.8.